The van der Waals surface area contributed by atoms with Crippen molar-refractivity contribution in [2.75, 3.05) is 18.4 Å². The Labute approximate surface area is 136 Å². The molecule has 4 heteroatoms. The van der Waals surface area contributed by atoms with Crippen molar-refractivity contribution in [3.05, 3.63) is 65.2 Å². The Kier molecular flexibility index (Phi) is 4.42. The fraction of sp³-hybridized carbons (Fsp3) is 0.263. The first-order valence-corrected chi connectivity index (χ1v) is 7.87. The Morgan fingerprint density at radius 3 is 2.70 bits per heavy atom. The minimum Gasteiger partial charge on any atom is -0.308 e. The number of nitrogens with zero attached hydrogens (tertiary/aromatic N) is 2. The molecule has 0 aromatic heterocycles. The van der Waals surface area contributed by atoms with E-state index in [1.165, 1.54) is 16.7 Å². The van der Waals surface area contributed by atoms with Crippen LogP contribution in [-0.2, 0) is 6.42 Å². The molecule has 3 rings (SSSR count). The Bertz CT molecular complexity index is 738. The predicted octanol–water partition coefficient (Wildman–Crippen LogP) is 3.79. The summed E-state index contributed by atoms with van der Waals surface area (Å²) in [5, 5.41) is 2.93. The second-order valence-corrected chi connectivity index (χ2v) is 5.78. The van der Waals surface area contributed by atoms with E-state index in [-0.39, 0.29) is 6.03 Å². The molecule has 2 aromatic carbocycles. The molecule has 1 N–H and O–H groups in total. The first kappa shape index (κ1) is 15.3. The number of aryl methyl sites for hydroxylation is 1. The fourth-order valence-electron chi connectivity index (χ4n) is 2.75. The molecule has 0 atom stereocenters. The van der Waals surface area contributed by atoms with Gasteiger partial charge in [0.2, 0.25) is 0 Å². The maximum atomic E-state index is 12.5. The van der Waals surface area contributed by atoms with Crippen molar-refractivity contribution >= 4 is 17.6 Å². The average molecular weight is 307 g/mol. The third-order valence-corrected chi connectivity index (χ3v) is 4.27. The van der Waals surface area contributed by atoms with Crippen LogP contribution in [0, 0.1) is 13.8 Å². The van der Waals surface area contributed by atoms with E-state index in [1.807, 2.05) is 30.3 Å². The number of urea groups is 1. The van der Waals surface area contributed by atoms with Gasteiger partial charge < -0.3 is 5.32 Å². The molecule has 118 valence electrons. The van der Waals surface area contributed by atoms with Gasteiger partial charge in [0.15, 0.2) is 0 Å². The van der Waals surface area contributed by atoms with Gasteiger partial charge in [-0.15, -0.1) is 0 Å². The monoisotopic (exact) mass is 307 g/mol. The number of benzene rings is 2. The number of carbonyl (C=O) groups is 1. The van der Waals surface area contributed by atoms with Gasteiger partial charge in [0.25, 0.3) is 0 Å². The Balaban J connectivity index is 1.72. The minimum atomic E-state index is -0.113. The second kappa shape index (κ2) is 6.65. The number of carbonyl (C=O) groups excluding carboxylic acids is 1. The number of amides is 2. The predicted molar refractivity (Wildman–Crippen MR) is 94.1 cm³/mol. The van der Waals surface area contributed by atoms with E-state index in [9.17, 15) is 4.79 Å². The molecule has 2 aromatic rings. The number of para-hydroxylation sites is 1. The molecule has 1 aliphatic rings. The molecule has 23 heavy (non-hydrogen) atoms. The molecular formula is C19H21N3O. The number of rotatable bonds is 3. The molecule has 0 spiro atoms. The lowest BCUT2D eigenvalue weighted by molar-refractivity contribution is 0.236. The minimum absolute atomic E-state index is 0.113. The van der Waals surface area contributed by atoms with Gasteiger partial charge in [0.1, 0.15) is 5.84 Å². The first-order valence-electron chi connectivity index (χ1n) is 7.87. The van der Waals surface area contributed by atoms with Gasteiger partial charge in [0, 0.05) is 18.7 Å². The summed E-state index contributed by atoms with van der Waals surface area (Å²) < 4.78 is 0. The quantitative estimate of drug-likeness (QED) is 0.921. The summed E-state index contributed by atoms with van der Waals surface area (Å²) >= 11 is 0. The van der Waals surface area contributed by atoms with E-state index in [0.717, 1.165) is 11.5 Å². The zero-order chi connectivity index (χ0) is 16.2. The van der Waals surface area contributed by atoms with Crippen molar-refractivity contribution in [2.24, 2.45) is 4.99 Å². The molecule has 0 saturated heterocycles. The zero-order valence-electron chi connectivity index (χ0n) is 13.5. The molecule has 0 saturated carbocycles. The van der Waals surface area contributed by atoms with Crippen molar-refractivity contribution in [3.63, 3.8) is 0 Å². The molecule has 0 radical (unpaired) electrons. The largest absolute Gasteiger partial charge is 0.327 e. The van der Waals surface area contributed by atoms with Crippen LogP contribution >= 0.6 is 0 Å². The SMILES string of the molecule is Cc1cccc(CC2=NCCN2C(=O)Nc2ccccc2)c1C. The van der Waals surface area contributed by atoms with Crippen LogP contribution in [0.3, 0.4) is 0 Å². The Morgan fingerprint density at radius 1 is 1.13 bits per heavy atom. The lowest BCUT2D eigenvalue weighted by atomic mass is 10.0. The van der Waals surface area contributed by atoms with Gasteiger partial charge in [-0.3, -0.25) is 9.89 Å². The Morgan fingerprint density at radius 2 is 1.91 bits per heavy atom. The van der Waals surface area contributed by atoms with Crippen LogP contribution < -0.4 is 5.32 Å². The lowest BCUT2D eigenvalue weighted by Gasteiger charge is -2.20. The highest BCUT2D eigenvalue weighted by Crippen LogP contribution is 2.17. The standard InChI is InChI=1S/C19H21N3O/c1-14-7-6-8-16(15(14)2)13-18-20-11-12-22(18)19(23)21-17-9-4-3-5-10-17/h3-10H,11-13H2,1-2H3,(H,21,23). The van der Waals surface area contributed by atoms with Crippen molar-refractivity contribution in [2.45, 2.75) is 20.3 Å². The van der Waals surface area contributed by atoms with Crippen molar-refractivity contribution in [3.8, 4) is 0 Å². The molecule has 0 aliphatic carbocycles. The van der Waals surface area contributed by atoms with Crippen LogP contribution in [0.2, 0.25) is 0 Å². The smallest absolute Gasteiger partial charge is 0.308 e. The second-order valence-electron chi connectivity index (χ2n) is 5.78. The molecule has 2 amide bonds. The van der Waals surface area contributed by atoms with E-state index >= 15 is 0 Å². The maximum Gasteiger partial charge on any atom is 0.327 e. The third-order valence-electron chi connectivity index (χ3n) is 4.27. The number of nitrogens with one attached hydrogen (secondary N) is 1. The average Bonchev–Trinajstić information content (AvgIpc) is 3.01. The molecule has 4 nitrogen and oxygen atoms in total. The van der Waals surface area contributed by atoms with Crippen LogP contribution in [0.1, 0.15) is 16.7 Å². The normalized spacial score (nSPS) is 13.8. The zero-order valence-corrected chi connectivity index (χ0v) is 13.5. The molecule has 1 heterocycles. The van der Waals surface area contributed by atoms with Gasteiger partial charge in [-0.05, 0) is 42.7 Å². The summed E-state index contributed by atoms with van der Waals surface area (Å²) in [6.07, 6.45) is 0.690. The van der Waals surface area contributed by atoms with Crippen molar-refractivity contribution in [1.82, 2.24) is 4.90 Å². The first-order chi connectivity index (χ1) is 11.1. The number of hydrogen-bond donors (Lipinski definition) is 1. The van der Waals surface area contributed by atoms with Crippen LogP contribution in [-0.4, -0.2) is 29.9 Å². The van der Waals surface area contributed by atoms with E-state index in [4.69, 9.17) is 0 Å². The number of amidine groups is 1. The van der Waals surface area contributed by atoms with Crippen molar-refractivity contribution in [1.29, 1.82) is 0 Å². The van der Waals surface area contributed by atoms with Gasteiger partial charge in [-0.25, -0.2) is 4.79 Å². The number of aliphatic imine (C=N–C) groups is 1. The highest BCUT2D eigenvalue weighted by atomic mass is 16.2. The summed E-state index contributed by atoms with van der Waals surface area (Å²) in [6.45, 7) is 5.53. The highest BCUT2D eigenvalue weighted by molar-refractivity contribution is 6.04. The van der Waals surface area contributed by atoms with Crippen LogP contribution in [0.4, 0.5) is 10.5 Å². The molecular weight excluding hydrogens is 286 g/mol. The Hall–Kier alpha value is -2.62. The molecule has 0 bridgehead atoms. The fourth-order valence-corrected chi connectivity index (χ4v) is 2.75. The molecule has 0 unspecified atom stereocenters. The summed E-state index contributed by atoms with van der Waals surface area (Å²) in [6, 6.07) is 15.7. The number of hydrogen-bond acceptors (Lipinski definition) is 2. The van der Waals surface area contributed by atoms with Crippen LogP contribution in [0.25, 0.3) is 0 Å². The topological polar surface area (TPSA) is 44.7 Å². The van der Waals surface area contributed by atoms with Gasteiger partial charge >= 0.3 is 6.03 Å². The van der Waals surface area contributed by atoms with Gasteiger partial charge in [0.05, 0.1) is 6.54 Å². The van der Waals surface area contributed by atoms with E-state index in [0.29, 0.717) is 19.5 Å². The van der Waals surface area contributed by atoms with Gasteiger partial charge in [-0.1, -0.05) is 36.4 Å². The van der Waals surface area contributed by atoms with E-state index in [2.05, 4.69) is 42.4 Å². The van der Waals surface area contributed by atoms with Crippen molar-refractivity contribution < 1.29 is 4.79 Å². The lowest BCUT2D eigenvalue weighted by Crippen LogP contribution is -2.38. The van der Waals surface area contributed by atoms with Gasteiger partial charge in [-0.2, -0.15) is 0 Å². The highest BCUT2D eigenvalue weighted by Gasteiger charge is 2.24. The summed E-state index contributed by atoms with van der Waals surface area (Å²) in [7, 11) is 0. The summed E-state index contributed by atoms with van der Waals surface area (Å²) in [4.78, 5) is 18.8. The molecule has 0 fully saturated rings. The molecule has 1 aliphatic heterocycles. The van der Waals surface area contributed by atoms with E-state index in [1.54, 1.807) is 4.90 Å². The number of anilines is 1. The van der Waals surface area contributed by atoms with E-state index < -0.39 is 0 Å². The summed E-state index contributed by atoms with van der Waals surface area (Å²) in [5.74, 6) is 0.840. The van der Waals surface area contributed by atoms with Crippen LogP contribution in [0.15, 0.2) is 53.5 Å². The summed E-state index contributed by atoms with van der Waals surface area (Å²) in [5.41, 5.74) is 4.56. The van der Waals surface area contributed by atoms with Crippen LogP contribution in [0.5, 0.6) is 0 Å². The third kappa shape index (κ3) is 3.42. The maximum absolute atomic E-state index is 12.5.